The molecule has 0 atom stereocenters. The minimum atomic E-state index is -3.64. The van der Waals surface area contributed by atoms with Crippen LogP contribution in [0.2, 0.25) is 0 Å². The van der Waals surface area contributed by atoms with Gasteiger partial charge in [-0.3, -0.25) is 5.32 Å². The normalized spacial score (nSPS) is 11.7. The zero-order valence-electron chi connectivity index (χ0n) is 18.2. The second-order valence-electron chi connectivity index (χ2n) is 6.99. The number of nitrogens with one attached hydrogen (secondary N) is 2. The van der Waals surface area contributed by atoms with Gasteiger partial charge in [-0.25, -0.2) is 31.3 Å². The van der Waals surface area contributed by atoms with Crippen LogP contribution in [-0.4, -0.2) is 66.2 Å². The van der Waals surface area contributed by atoms with Gasteiger partial charge in [0.1, 0.15) is 6.61 Å². The summed E-state index contributed by atoms with van der Waals surface area (Å²) in [6, 6.07) is 9.95. The van der Waals surface area contributed by atoms with Gasteiger partial charge in [-0.15, -0.1) is 0 Å². The van der Waals surface area contributed by atoms with Crippen LogP contribution in [0.4, 0.5) is 16.2 Å². The second-order valence-corrected chi connectivity index (χ2v) is 10.9. The van der Waals surface area contributed by atoms with Crippen molar-refractivity contribution in [2.75, 3.05) is 48.5 Å². The minimum absolute atomic E-state index is 0.0670. The van der Waals surface area contributed by atoms with E-state index in [9.17, 15) is 21.6 Å². The SMILES string of the molecule is CCN(CCNS(C)(=O)=O)c1ccc(NC(=O)OCCS(=O)(=O)c2ccccn2)c(C)c1. The Bertz CT molecular complexity index is 1120. The second kappa shape index (κ2) is 11.2. The van der Waals surface area contributed by atoms with Crippen molar-refractivity contribution >= 4 is 37.3 Å². The van der Waals surface area contributed by atoms with Gasteiger partial charge in [0.15, 0.2) is 14.9 Å². The van der Waals surface area contributed by atoms with Crippen molar-refractivity contribution in [1.29, 1.82) is 0 Å². The molecule has 1 amide bonds. The molecule has 0 radical (unpaired) electrons. The van der Waals surface area contributed by atoms with Gasteiger partial charge in [-0.05, 0) is 49.7 Å². The maximum absolute atomic E-state index is 12.2. The molecule has 1 heterocycles. The first-order valence-corrected chi connectivity index (χ1v) is 13.4. The molecule has 0 fully saturated rings. The van der Waals surface area contributed by atoms with E-state index >= 15 is 0 Å². The standard InChI is InChI=1S/C20H28N4O6S2/c1-4-24(12-11-22-31(3,26)27)17-8-9-18(16(2)15-17)23-20(25)30-13-14-32(28,29)19-7-5-6-10-21-19/h5-10,15,22H,4,11-14H2,1-3H3,(H,23,25). The maximum Gasteiger partial charge on any atom is 0.411 e. The third-order valence-electron chi connectivity index (χ3n) is 4.48. The van der Waals surface area contributed by atoms with E-state index in [1.54, 1.807) is 24.3 Å². The van der Waals surface area contributed by atoms with E-state index in [4.69, 9.17) is 4.74 Å². The predicted molar refractivity (Wildman–Crippen MR) is 123 cm³/mol. The zero-order chi connectivity index (χ0) is 23.8. The molecule has 10 nitrogen and oxygen atoms in total. The molecule has 0 saturated heterocycles. The van der Waals surface area contributed by atoms with Gasteiger partial charge in [-0.2, -0.15) is 0 Å². The number of benzene rings is 1. The Hall–Kier alpha value is -2.70. The van der Waals surface area contributed by atoms with E-state index in [1.807, 2.05) is 24.8 Å². The lowest BCUT2D eigenvalue weighted by molar-refractivity contribution is 0.168. The lowest BCUT2D eigenvalue weighted by Gasteiger charge is -2.24. The van der Waals surface area contributed by atoms with Crippen molar-refractivity contribution in [2.45, 2.75) is 18.9 Å². The average Bonchev–Trinajstić information content (AvgIpc) is 2.72. The first-order chi connectivity index (χ1) is 15.0. The molecule has 0 spiro atoms. The van der Waals surface area contributed by atoms with Crippen molar-refractivity contribution in [3.8, 4) is 0 Å². The molecule has 32 heavy (non-hydrogen) atoms. The number of hydrogen-bond donors (Lipinski definition) is 2. The Morgan fingerprint density at radius 1 is 1.16 bits per heavy atom. The number of rotatable bonds is 11. The molecule has 1 aromatic carbocycles. The summed E-state index contributed by atoms with van der Waals surface area (Å²) in [4.78, 5) is 17.9. The molecule has 176 valence electrons. The van der Waals surface area contributed by atoms with Crippen molar-refractivity contribution in [1.82, 2.24) is 9.71 Å². The van der Waals surface area contributed by atoms with Gasteiger partial charge >= 0.3 is 6.09 Å². The molecule has 0 saturated carbocycles. The molecule has 2 N–H and O–H groups in total. The van der Waals surface area contributed by atoms with Crippen LogP contribution < -0.4 is 14.9 Å². The van der Waals surface area contributed by atoms with Crippen LogP contribution in [0.3, 0.4) is 0 Å². The highest BCUT2D eigenvalue weighted by Crippen LogP contribution is 2.23. The number of anilines is 2. The van der Waals surface area contributed by atoms with Crippen LogP contribution in [0.1, 0.15) is 12.5 Å². The van der Waals surface area contributed by atoms with E-state index in [-0.39, 0.29) is 23.9 Å². The van der Waals surface area contributed by atoms with Crippen LogP contribution in [0, 0.1) is 6.92 Å². The molecule has 1 aromatic heterocycles. The summed E-state index contributed by atoms with van der Waals surface area (Å²) in [5.41, 5.74) is 2.17. The maximum atomic E-state index is 12.2. The topological polar surface area (TPSA) is 135 Å². The summed E-state index contributed by atoms with van der Waals surface area (Å²) in [6.07, 6.45) is 1.73. The van der Waals surface area contributed by atoms with E-state index in [0.29, 0.717) is 18.8 Å². The molecular weight excluding hydrogens is 456 g/mol. The smallest absolute Gasteiger partial charge is 0.411 e. The quantitative estimate of drug-likeness (QED) is 0.493. The monoisotopic (exact) mass is 484 g/mol. The van der Waals surface area contributed by atoms with Crippen molar-refractivity contribution in [3.05, 3.63) is 48.2 Å². The summed E-state index contributed by atoms with van der Waals surface area (Å²) in [5.74, 6) is -0.373. The predicted octanol–water partition coefficient (Wildman–Crippen LogP) is 1.79. The Balaban J connectivity index is 1.90. The van der Waals surface area contributed by atoms with Gasteiger partial charge in [0, 0.05) is 37.2 Å². The number of carbonyl (C=O) groups is 1. The molecule has 0 bridgehead atoms. The Kier molecular flexibility index (Phi) is 8.99. The third-order valence-corrected chi connectivity index (χ3v) is 6.79. The number of nitrogens with zero attached hydrogens (tertiary/aromatic N) is 2. The summed E-state index contributed by atoms with van der Waals surface area (Å²) in [5, 5.41) is 2.53. The number of sulfone groups is 1. The highest BCUT2D eigenvalue weighted by Gasteiger charge is 2.17. The number of likely N-dealkylation sites (N-methyl/N-ethyl adjacent to an activating group) is 1. The van der Waals surface area contributed by atoms with Crippen LogP contribution >= 0.6 is 0 Å². The van der Waals surface area contributed by atoms with Crippen LogP contribution in [0.25, 0.3) is 0 Å². The number of aromatic nitrogens is 1. The van der Waals surface area contributed by atoms with E-state index in [0.717, 1.165) is 17.5 Å². The fourth-order valence-corrected chi connectivity index (χ4v) is 4.33. The van der Waals surface area contributed by atoms with Gasteiger partial charge in [0.2, 0.25) is 10.0 Å². The first kappa shape index (κ1) is 25.6. The molecule has 2 aromatic rings. The van der Waals surface area contributed by atoms with Crippen LogP contribution in [-0.2, 0) is 24.6 Å². The lowest BCUT2D eigenvalue weighted by atomic mass is 10.1. The van der Waals surface area contributed by atoms with Crippen molar-refractivity contribution in [3.63, 3.8) is 0 Å². The number of pyridine rings is 1. The summed E-state index contributed by atoms with van der Waals surface area (Å²) >= 11 is 0. The Morgan fingerprint density at radius 2 is 1.91 bits per heavy atom. The molecule has 0 aliphatic rings. The minimum Gasteiger partial charge on any atom is -0.448 e. The first-order valence-electron chi connectivity index (χ1n) is 9.89. The summed E-state index contributed by atoms with van der Waals surface area (Å²) < 4.78 is 54.3. The lowest BCUT2D eigenvalue weighted by Crippen LogP contribution is -2.34. The molecule has 0 unspecified atom stereocenters. The summed E-state index contributed by atoms with van der Waals surface area (Å²) in [6.45, 7) is 4.90. The molecular formula is C20H28N4O6S2. The molecule has 0 aliphatic carbocycles. The highest BCUT2D eigenvalue weighted by molar-refractivity contribution is 7.91. The van der Waals surface area contributed by atoms with Gasteiger partial charge < -0.3 is 9.64 Å². The van der Waals surface area contributed by atoms with E-state index in [2.05, 4.69) is 15.0 Å². The Morgan fingerprint density at radius 3 is 2.50 bits per heavy atom. The number of ether oxygens (including phenoxy) is 1. The molecule has 0 aliphatic heterocycles. The summed E-state index contributed by atoms with van der Waals surface area (Å²) in [7, 11) is -6.89. The van der Waals surface area contributed by atoms with Crippen LogP contribution in [0.15, 0.2) is 47.6 Å². The number of amides is 1. The number of hydrogen-bond acceptors (Lipinski definition) is 8. The Labute approximate surface area is 189 Å². The fourth-order valence-electron chi connectivity index (χ4n) is 2.85. The van der Waals surface area contributed by atoms with Crippen LogP contribution in [0.5, 0.6) is 0 Å². The van der Waals surface area contributed by atoms with Crippen molar-refractivity contribution < 1.29 is 26.4 Å². The number of carbonyl (C=O) groups excluding carboxylic acids is 1. The van der Waals surface area contributed by atoms with Gasteiger partial charge in [0.25, 0.3) is 0 Å². The molecule has 2 rings (SSSR count). The van der Waals surface area contributed by atoms with Gasteiger partial charge in [0.05, 0.1) is 12.0 Å². The van der Waals surface area contributed by atoms with E-state index < -0.39 is 26.0 Å². The average molecular weight is 485 g/mol. The third kappa shape index (κ3) is 8.09. The van der Waals surface area contributed by atoms with Crippen molar-refractivity contribution in [2.24, 2.45) is 0 Å². The number of sulfonamides is 1. The fraction of sp³-hybridized carbons (Fsp3) is 0.400. The highest BCUT2D eigenvalue weighted by atomic mass is 32.2. The number of aryl methyl sites for hydroxylation is 1. The van der Waals surface area contributed by atoms with Gasteiger partial charge in [-0.1, -0.05) is 6.07 Å². The van der Waals surface area contributed by atoms with E-state index in [1.165, 1.54) is 12.3 Å². The zero-order valence-corrected chi connectivity index (χ0v) is 19.9. The largest absolute Gasteiger partial charge is 0.448 e. The molecule has 12 heteroatoms.